The Bertz CT molecular complexity index is 205. The molecule has 0 unspecified atom stereocenters. The van der Waals surface area contributed by atoms with E-state index in [1.807, 2.05) is 0 Å². The van der Waals surface area contributed by atoms with Gasteiger partial charge in [0.15, 0.2) is 6.29 Å². The van der Waals surface area contributed by atoms with Gasteiger partial charge >= 0.3 is 0 Å². The Morgan fingerprint density at radius 3 is 2.56 bits per heavy atom. The number of hydrogen-bond donors (Lipinski definition) is 3. The van der Waals surface area contributed by atoms with Crippen LogP contribution in [0.4, 0.5) is 0 Å². The van der Waals surface area contributed by atoms with E-state index in [1.165, 1.54) is 13.2 Å². The second-order valence-electron chi connectivity index (χ2n) is 3.53. The number of aliphatic hydroxyl groups is 3. The van der Waals surface area contributed by atoms with E-state index in [-0.39, 0.29) is 13.2 Å². The Morgan fingerprint density at radius 2 is 2.06 bits per heavy atom. The lowest BCUT2D eigenvalue weighted by molar-refractivity contribution is -0.300. The van der Waals surface area contributed by atoms with Gasteiger partial charge in [0, 0.05) is 7.11 Å². The van der Waals surface area contributed by atoms with Gasteiger partial charge in [0.1, 0.15) is 24.4 Å². The SMILES string of the molecule is C=CCO[C@@H]1[C@@H](O)[C@@H](OC)O[C@H](CO)[C@H]1O. The third kappa shape index (κ3) is 2.79. The maximum Gasteiger partial charge on any atom is 0.186 e. The number of methoxy groups -OCH3 is 1. The lowest BCUT2D eigenvalue weighted by atomic mass is 9.99. The van der Waals surface area contributed by atoms with Crippen LogP contribution in [0.15, 0.2) is 12.7 Å². The maximum atomic E-state index is 9.79. The van der Waals surface area contributed by atoms with Gasteiger partial charge in [-0.25, -0.2) is 0 Å². The van der Waals surface area contributed by atoms with Crippen molar-refractivity contribution in [1.82, 2.24) is 0 Å². The molecule has 94 valence electrons. The molecule has 1 aliphatic heterocycles. The molecule has 0 saturated carbocycles. The fourth-order valence-corrected chi connectivity index (χ4v) is 1.62. The van der Waals surface area contributed by atoms with Gasteiger partial charge < -0.3 is 29.5 Å². The first kappa shape index (κ1) is 13.6. The summed E-state index contributed by atoms with van der Waals surface area (Å²) >= 11 is 0. The quantitative estimate of drug-likeness (QED) is 0.509. The van der Waals surface area contributed by atoms with Crippen LogP contribution in [-0.4, -0.2) is 66.3 Å². The van der Waals surface area contributed by atoms with Crippen molar-refractivity contribution in [2.75, 3.05) is 20.3 Å². The van der Waals surface area contributed by atoms with Crippen LogP contribution in [0.5, 0.6) is 0 Å². The van der Waals surface area contributed by atoms with E-state index >= 15 is 0 Å². The standard InChI is InChI=1S/C10H18O6/c1-3-4-15-9-7(12)6(5-11)16-10(14-2)8(9)13/h3,6-13H,1,4-5H2,2H3/t6-,7-,8-,9+,10+/m1/s1. The van der Waals surface area contributed by atoms with Crippen LogP contribution >= 0.6 is 0 Å². The molecule has 0 bridgehead atoms. The summed E-state index contributed by atoms with van der Waals surface area (Å²) in [7, 11) is 1.37. The largest absolute Gasteiger partial charge is 0.394 e. The molecule has 1 rings (SSSR count). The van der Waals surface area contributed by atoms with Gasteiger partial charge in [-0.2, -0.15) is 0 Å². The first-order valence-corrected chi connectivity index (χ1v) is 5.03. The topological polar surface area (TPSA) is 88.4 Å². The van der Waals surface area contributed by atoms with Gasteiger partial charge in [-0.15, -0.1) is 6.58 Å². The van der Waals surface area contributed by atoms with Crippen molar-refractivity contribution in [3.63, 3.8) is 0 Å². The average Bonchev–Trinajstić information content (AvgIpc) is 2.29. The lowest BCUT2D eigenvalue weighted by Crippen LogP contribution is -2.59. The van der Waals surface area contributed by atoms with Crippen LogP contribution in [0, 0.1) is 0 Å². The van der Waals surface area contributed by atoms with Crippen molar-refractivity contribution in [3.8, 4) is 0 Å². The smallest absolute Gasteiger partial charge is 0.186 e. The van der Waals surface area contributed by atoms with Crippen LogP contribution in [-0.2, 0) is 14.2 Å². The van der Waals surface area contributed by atoms with Gasteiger partial charge in [-0.1, -0.05) is 6.08 Å². The fourth-order valence-electron chi connectivity index (χ4n) is 1.62. The van der Waals surface area contributed by atoms with Crippen molar-refractivity contribution in [2.45, 2.75) is 30.7 Å². The van der Waals surface area contributed by atoms with Crippen LogP contribution in [0.1, 0.15) is 0 Å². The zero-order valence-electron chi connectivity index (χ0n) is 9.15. The van der Waals surface area contributed by atoms with Gasteiger partial charge in [0.05, 0.1) is 13.2 Å². The van der Waals surface area contributed by atoms with E-state index in [0.717, 1.165) is 0 Å². The predicted octanol–water partition coefficient (Wildman–Crippen LogP) is -1.36. The number of hydrogen-bond acceptors (Lipinski definition) is 6. The second kappa shape index (κ2) is 6.29. The molecule has 1 fully saturated rings. The minimum absolute atomic E-state index is 0.188. The zero-order chi connectivity index (χ0) is 12.1. The first-order chi connectivity index (χ1) is 7.65. The molecule has 0 amide bonds. The van der Waals surface area contributed by atoms with Crippen molar-refractivity contribution < 1.29 is 29.5 Å². The van der Waals surface area contributed by atoms with Crippen LogP contribution in [0.25, 0.3) is 0 Å². The molecular formula is C10H18O6. The van der Waals surface area contributed by atoms with E-state index in [2.05, 4.69) is 6.58 Å². The number of aliphatic hydroxyl groups excluding tert-OH is 3. The molecule has 0 radical (unpaired) electrons. The third-order valence-corrected chi connectivity index (χ3v) is 2.46. The average molecular weight is 234 g/mol. The fraction of sp³-hybridized carbons (Fsp3) is 0.800. The highest BCUT2D eigenvalue weighted by Gasteiger charge is 2.45. The monoisotopic (exact) mass is 234 g/mol. The first-order valence-electron chi connectivity index (χ1n) is 5.03. The molecule has 6 heteroatoms. The molecule has 1 saturated heterocycles. The summed E-state index contributed by atoms with van der Waals surface area (Å²) in [6, 6.07) is 0. The summed E-state index contributed by atoms with van der Waals surface area (Å²) in [6.45, 7) is 3.29. The van der Waals surface area contributed by atoms with E-state index in [0.29, 0.717) is 0 Å². The van der Waals surface area contributed by atoms with Crippen LogP contribution in [0.2, 0.25) is 0 Å². The van der Waals surface area contributed by atoms with Crippen molar-refractivity contribution in [2.24, 2.45) is 0 Å². The highest BCUT2D eigenvalue weighted by Crippen LogP contribution is 2.23. The summed E-state index contributed by atoms with van der Waals surface area (Å²) in [5.74, 6) is 0. The van der Waals surface area contributed by atoms with Gasteiger partial charge in [-0.3, -0.25) is 0 Å². The molecule has 16 heavy (non-hydrogen) atoms. The van der Waals surface area contributed by atoms with Gasteiger partial charge in [0.2, 0.25) is 0 Å². The molecule has 0 aromatic heterocycles. The molecule has 6 nitrogen and oxygen atoms in total. The Morgan fingerprint density at radius 1 is 1.38 bits per heavy atom. The van der Waals surface area contributed by atoms with Crippen LogP contribution in [0.3, 0.4) is 0 Å². The molecule has 1 heterocycles. The van der Waals surface area contributed by atoms with E-state index < -0.39 is 30.7 Å². The lowest BCUT2D eigenvalue weighted by Gasteiger charge is -2.41. The summed E-state index contributed by atoms with van der Waals surface area (Å²) < 4.78 is 15.3. The number of rotatable bonds is 5. The Labute approximate surface area is 94.1 Å². The summed E-state index contributed by atoms with van der Waals surface area (Å²) in [4.78, 5) is 0. The number of ether oxygens (including phenoxy) is 3. The molecule has 0 aromatic carbocycles. The Kier molecular flexibility index (Phi) is 5.33. The van der Waals surface area contributed by atoms with E-state index in [9.17, 15) is 10.2 Å². The zero-order valence-corrected chi connectivity index (χ0v) is 9.15. The highest BCUT2D eigenvalue weighted by molar-refractivity contribution is 4.90. The summed E-state index contributed by atoms with van der Waals surface area (Å²) in [5, 5.41) is 28.6. The summed E-state index contributed by atoms with van der Waals surface area (Å²) in [6.07, 6.45) is -3.33. The minimum atomic E-state index is -1.11. The molecule has 0 aliphatic carbocycles. The third-order valence-electron chi connectivity index (χ3n) is 2.46. The Balaban J connectivity index is 2.70. The van der Waals surface area contributed by atoms with Crippen molar-refractivity contribution >= 4 is 0 Å². The molecule has 0 spiro atoms. The van der Waals surface area contributed by atoms with Crippen LogP contribution < -0.4 is 0 Å². The molecule has 1 aliphatic rings. The summed E-state index contributed by atoms with van der Waals surface area (Å²) in [5.41, 5.74) is 0. The van der Waals surface area contributed by atoms with Crippen molar-refractivity contribution in [3.05, 3.63) is 12.7 Å². The van der Waals surface area contributed by atoms with Gasteiger partial charge in [0.25, 0.3) is 0 Å². The molecule has 0 aromatic rings. The predicted molar refractivity (Wildman–Crippen MR) is 54.7 cm³/mol. The minimum Gasteiger partial charge on any atom is -0.394 e. The van der Waals surface area contributed by atoms with E-state index in [4.69, 9.17) is 19.3 Å². The highest BCUT2D eigenvalue weighted by atomic mass is 16.7. The molecule has 3 N–H and O–H groups in total. The normalized spacial score (nSPS) is 39.6. The van der Waals surface area contributed by atoms with Crippen molar-refractivity contribution in [1.29, 1.82) is 0 Å². The molecular weight excluding hydrogens is 216 g/mol. The van der Waals surface area contributed by atoms with Gasteiger partial charge in [-0.05, 0) is 0 Å². The molecule has 5 atom stereocenters. The van der Waals surface area contributed by atoms with E-state index in [1.54, 1.807) is 0 Å². The Hall–Kier alpha value is -0.500. The maximum absolute atomic E-state index is 9.79. The second-order valence-corrected chi connectivity index (χ2v) is 3.53.